The van der Waals surface area contributed by atoms with Crippen LogP contribution < -0.4 is 10.5 Å². The van der Waals surface area contributed by atoms with Crippen molar-refractivity contribution in [3.05, 3.63) is 18.0 Å². The number of hydrogen-bond donors (Lipinski definition) is 3. The third-order valence-electron chi connectivity index (χ3n) is 3.08. The van der Waals surface area contributed by atoms with Gasteiger partial charge in [-0.3, -0.25) is 0 Å². The largest absolute Gasteiger partial charge is 0.363 e. The molecular formula is C12H24N4O2S. The Labute approximate surface area is 115 Å². The highest BCUT2D eigenvalue weighted by Crippen LogP contribution is 2.09. The third-order valence-corrected chi connectivity index (χ3v) is 4.52. The summed E-state index contributed by atoms with van der Waals surface area (Å²) in [5.74, 6) is 0. The predicted molar refractivity (Wildman–Crippen MR) is 76.3 cm³/mol. The smallest absolute Gasteiger partial charge is 0.242 e. The molecule has 0 unspecified atom stereocenters. The molecule has 0 amide bonds. The van der Waals surface area contributed by atoms with Crippen LogP contribution in [-0.2, 0) is 16.6 Å². The molecule has 1 rings (SSSR count). The average molecular weight is 288 g/mol. The van der Waals surface area contributed by atoms with E-state index in [4.69, 9.17) is 5.73 Å². The van der Waals surface area contributed by atoms with Crippen molar-refractivity contribution < 1.29 is 8.42 Å². The summed E-state index contributed by atoms with van der Waals surface area (Å²) in [7, 11) is -3.42. The van der Waals surface area contributed by atoms with Gasteiger partial charge in [-0.05, 0) is 32.1 Å². The van der Waals surface area contributed by atoms with E-state index in [1.165, 1.54) is 6.20 Å². The van der Waals surface area contributed by atoms with E-state index in [1.807, 2.05) is 0 Å². The van der Waals surface area contributed by atoms with E-state index in [-0.39, 0.29) is 4.90 Å². The molecule has 0 spiro atoms. The molecule has 7 heteroatoms. The maximum Gasteiger partial charge on any atom is 0.242 e. The molecule has 0 aromatic carbocycles. The molecular weight excluding hydrogens is 264 g/mol. The zero-order valence-corrected chi connectivity index (χ0v) is 12.5. The van der Waals surface area contributed by atoms with Gasteiger partial charge in [0, 0.05) is 25.0 Å². The highest BCUT2D eigenvalue weighted by Gasteiger charge is 2.15. The minimum absolute atomic E-state index is 0.246. The quantitative estimate of drug-likeness (QED) is 0.577. The Hall–Kier alpha value is -0.890. The summed E-state index contributed by atoms with van der Waals surface area (Å²) in [6, 6.07) is 1.56. The third kappa shape index (κ3) is 4.94. The van der Waals surface area contributed by atoms with Crippen molar-refractivity contribution >= 4 is 10.0 Å². The summed E-state index contributed by atoms with van der Waals surface area (Å²) in [6.45, 7) is 7.82. The highest BCUT2D eigenvalue weighted by molar-refractivity contribution is 7.89. The van der Waals surface area contributed by atoms with E-state index < -0.39 is 10.0 Å². The minimum Gasteiger partial charge on any atom is -0.363 e. The van der Waals surface area contributed by atoms with Crippen LogP contribution in [0.1, 0.15) is 26.0 Å². The monoisotopic (exact) mass is 288 g/mol. The molecule has 0 aliphatic rings. The lowest BCUT2D eigenvalue weighted by Crippen LogP contribution is -2.29. The van der Waals surface area contributed by atoms with E-state index in [0.29, 0.717) is 18.8 Å². The van der Waals surface area contributed by atoms with Crippen molar-refractivity contribution in [1.29, 1.82) is 0 Å². The Balaban J connectivity index is 2.43. The summed E-state index contributed by atoms with van der Waals surface area (Å²) < 4.78 is 26.5. The van der Waals surface area contributed by atoms with Crippen LogP contribution in [0, 0.1) is 0 Å². The molecule has 0 saturated carbocycles. The Kier molecular flexibility index (Phi) is 6.50. The maximum atomic E-state index is 12.0. The van der Waals surface area contributed by atoms with Crippen LogP contribution in [-0.4, -0.2) is 44.5 Å². The average Bonchev–Trinajstić information content (AvgIpc) is 2.88. The zero-order chi connectivity index (χ0) is 14.3. The Morgan fingerprint density at radius 2 is 2.05 bits per heavy atom. The molecule has 0 aliphatic carbocycles. The molecule has 110 valence electrons. The fourth-order valence-electron chi connectivity index (χ4n) is 1.82. The van der Waals surface area contributed by atoms with Crippen molar-refractivity contribution in [2.24, 2.45) is 5.73 Å². The van der Waals surface area contributed by atoms with Gasteiger partial charge >= 0.3 is 0 Å². The van der Waals surface area contributed by atoms with Gasteiger partial charge in [-0.1, -0.05) is 13.8 Å². The van der Waals surface area contributed by atoms with Crippen LogP contribution in [0.3, 0.4) is 0 Å². The standard InChI is InChI=1S/C12H24N4O2S/c1-3-16(4-2)7-5-6-15-19(17,18)12-8-11(9-13)14-10-12/h8,10,14-15H,3-7,9,13H2,1-2H3. The SMILES string of the molecule is CCN(CC)CCCNS(=O)(=O)c1c[nH]c(CN)c1. The molecule has 0 radical (unpaired) electrons. The van der Waals surface area contributed by atoms with Gasteiger partial charge in [-0.15, -0.1) is 0 Å². The van der Waals surface area contributed by atoms with Crippen LogP contribution in [0.5, 0.6) is 0 Å². The maximum absolute atomic E-state index is 12.0. The van der Waals surface area contributed by atoms with Crippen LogP contribution in [0.2, 0.25) is 0 Å². The number of aromatic amines is 1. The van der Waals surface area contributed by atoms with Crippen LogP contribution in [0.4, 0.5) is 0 Å². The van der Waals surface area contributed by atoms with Crippen LogP contribution in [0.25, 0.3) is 0 Å². The van der Waals surface area contributed by atoms with Gasteiger partial charge in [-0.2, -0.15) is 0 Å². The molecule has 0 atom stereocenters. The van der Waals surface area contributed by atoms with Gasteiger partial charge in [0.2, 0.25) is 10.0 Å². The number of nitrogens with zero attached hydrogens (tertiary/aromatic N) is 1. The number of nitrogens with two attached hydrogens (primary N) is 1. The van der Waals surface area contributed by atoms with Crippen molar-refractivity contribution in [3.8, 4) is 0 Å². The number of hydrogen-bond acceptors (Lipinski definition) is 4. The molecule has 4 N–H and O–H groups in total. The lowest BCUT2D eigenvalue weighted by Gasteiger charge is -2.17. The fraction of sp³-hybridized carbons (Fsp3) is 0.667. The van der Waals surface area contributed by atoms with E-state index in [9.17, 15) is 8.42 Å². The van der Waals surface area contributed by atoms with E-state index in [1.54, 1.807) is 6.07 Å². The first-order valence-corrected chi connectivity index (χ1v) is 8.11. The zero-order valence-electron chi connectivity index (χ0n) is 11.6. The van der Waals surface area contributed by atoms with Gasteiger partial charge < -0.3 is 15.6 Å². The van der Waals surface area contributed by atoms with Gasteiger partial charge in [0.15, 0.2) is 0 Å². The molecule has 0 aliphatic heterocycles. The van der Waals surface area contributed by atoms with Gasteiger partial charge in [0.1, 0.15) is 0 Å². The second-order valence-electron chi connectivity index (χ2n) is 4.34. The summed E-state index contributed by atoms with van der Waals surface area (Å²) in [6.07, 6.45) is 2.27. The molecule has 0 fully saturated rings. The Morgan fingerprint density at radius 3 is 2.58 bits per heavy atom. The van der Waals surface area contributed by atoms with E-state index in [2.05, 4.69) is 28.5 Å². The number of nitrogens with one attached hydrogen (secondary N) is 2. The summed E-state index contributed by atoms with van der Waals surface area (Å²) in [5, 5.41) is 0. The Morgan fingerprint density at radius 1 is 1.37 bits per heavy atom. The van der Waals surface area contributed by atoms with E-state index >= 15 is 0 Å². The first kappa shape index (κ1) is 16.2. The fourth-order valence-corrected chi connectivity index (χ4v) is 2.92. The number of sulfonamides is 1. The van der Waals surface area contributed by atoms with Gasteiger partial charge in [-0.25, -0.2) is 13.1 Å². The Bertz CT molecular complexity index is 466. The first-order valence-electron chi connectivity index (χ1n) is 6.62. The van der Waals surface area contributed by atoms with Crippen molar-refractivity contribution in [2.45, 2.75) is 31.7 Å². The van der Waals surface area contributed by atoms with Crippen molar-refractivity contribution in [3.63, 3.8) is 0 Å². The first-order chi connectivity index (χ1) is 9.03. The highest BCUT2D eigenvalue weighted by atomic mass is 32.2. The summed E-state index contributed by atoms with van der Waals surface area (Å²) in [5.41, 5.74) is 6.15. The van der Waals surface area contributed by atoms with Crippen molar-refractivity contribution in [2.75, 3.05) is 26.2 Å². The number of rotatable bonds is 9. The minimum atomic E-state index is -3.42. The molecule has 1 aromatic heterocycles. The van der Waals surface area contributed by atoms with Crippen molar-refractivity contribution in [1.82, 2.24) is 14.6 Å². The lowest BCUT2D eigenvalue weighted by molar-refractivity contribution is 0.300. The number of H-pyrrole nitrogens is 1. The lowest BCUT2D eigenvalue weighted by atomic mass is 10.4. The van der Waals surface area contributed by atoms with Crippen LogP contribution >= 0.6 is 0 Å². The molecule has 6 nitrogen and oxygen atoms in total. The molecule has 1 heterocycles. The summed E-state index contributed by atoms with van der Waals surface area (Å²) in [4.78, 5) is 5.34. The second-order valence-corrected chi connectivity index (χ2v) is 6.11. The number of aromatic nitrogens is 1. The van der Waals surface area contributed by atoms with Gasteiger partial charge in [0.25, 0.3) is 0 Å². The second kappa shape index (κ2) is 7.64. The predicted octanol–water partition coefficient (Wildman–Crippen LogP) is 0.484. The molecule has 19 heavy (non-hydrogen) atoms. The topological polar surface area (TPSA) is 91.2 Å². The van der Waals surface area contributed by atoms with Crippen LogP contribution in [0.15, 0.2) is 17.2 Å². The normalized spacial score (nSPS) is 12.2. The molecule has 0 saturated heterocycles. The molecule has 1 aromatic rings. The summed E-state index contributed by atoms with van der Waals surface area (Å²) >= 11 is 0. The van der Waals surface area contributed by atoms with Gasteiger partial charge in [0.05, 0.1) is 4.90 Å². The molecule has 0 bridgehead atoms. The van der Waals surface area contributed by atoms with E-state index in [0.717, 1.165) is 26.1 Å².